The minimum atomic E-state index is -0.0418. The number of thiol groups is 1. The number of hydrogen-bond acceptors (Lipinski definition) is 5. The molecule has 121 valence electrons. The molecule has 0 aromatic heterocycles. The molecule has 1 atom stereocenters. The third kappa shape index (κ3) is 5.41. The molecule has 1 saturated heterocycles. The van der Waals surface area contributed by atoms with Crippen LogP contribution in [0.2, 0.25) is 0 Å². The molecule has 0 bridgehead atoms. The number of hydrogen-bond donors (Lipinski definition) is 2. The second-order valence-electron chi connectivity index (χ2n) is 5.50. The Kier molecular flexibility index (Phi) is 6.92. The fourth-order valence-electron chi connectivity index (χ4n) is 2.23. The summed E-state index contributed by atoms with van der Waals surface area (Å²) in [6, 6.07) is 8.07. The number of rotatable bonds is 5. The Labute approximate surface area is 143 Å². The number of piperazine rings is 1. The van der Waals surface area contributed by atoms with Crippen molar-refractivity contribution in [2.45, 2.75) is 11.7 Å². The van der Waals surface area contributed by atoms with Crippen LogP contribution in [0.3, 0.4) is 0 Å². The topological polar surface area (TPSA) is 35.6 Å². The molecule has 6 heteroatoms. The summed E-state index contributed by atoms with van der Waals surface area (Å²) in [5, 5.41) is 3.02. The van der Waals surface area contributed by atoms with Gasteiger partial charge < -0.3 is 15.1 Å². The van der Waals surface area contributed by atoms with Gasteiger partial charge in [-0.2, -0.15) is 12.6 Å². The van der Waals surface area contributed by atoms with E-state index in [1.165, 1.54) is 17.4 Å². The van der Waals surface area contributed by atoms with Gasteiger partial charge in [0.15, 0.2) is 0 Å². The van der Waals surface area contributed by atoms with Gasteiger partial charge in [0, 0.05) is 48.6 Å². The van der Waals surface area contributed by atoms with E-state index in [1.807, 2.05) is 12.1 Å². The van der Waals surface area contributed by atoms with E-state index in [2.05, 4.69) is 53.8 Å². The first-order valence-corrected chi connectivity index (χ1v) is 9.03. The molecule has 0 spiro atoms. The molecule has 1 amide bonds. The first-order valence-electron chi connectivity index (χ1n) is 7.53. The fourth-order valence-corrected chi connectivity index (χ4v) is 3.15. The third-order valence-corrected chi connectivity index (χ3v) is 5.34. The number of thioether (sulfide) groups is 1. The first-order chi connectivity index (χ1) is 10.6. The smallest absolute Gasteiger partial charge is 0.283 e. The summed E-state index contributed by atoms with van der Waals surface area (Å²) < 4.78 is 0. The zero-order valence-corrected chi connectivity index (χ0v) is 14.7. The van der Waals surface area contributed by atoms with Crippen LogP contribution in [0.25, 0.3) is 0 Å². The Morgan fingerprint density at radius 2 is 1.95 bits per heavy atom. The van der Waals surface area contributed by atoms with Crippen LogP contribution in [0.15, 0.2) is 24.3 Å². The Morgan fingerprint density at radius 3 is 2.55 bits per heavy atom. The fraction of sp³-hybridized carbons (Fsp3) is 0.500. The normalized spacial score (nSPS) is 17.3. The molecule has 1 aromatic carbocycles. The van der Waals surface area contributed by atoms with E-state index in [-0.39, 0.29) is 10.5 Å². The molecule has 1 N–H and O–H groups in total. The number of nitrogens with one attached hydrogen (secondary N) is 1. The number of carbonyl (C=O) groups excluding carboxylic acids is 1. The lowest BCUT2D eigenvalue weighted by Crippen LogP contribution is -2.44. The Hall–Kier alpha value is -0.850. The highest BCUT2D eigenvalue weighted by atomic mass is 32.2. The van der Waals surface area contributed by atoms with Crippen LogP contribution in [0, 0.1) is 6.92 Å². The molecule has 1 heterocycles. The van der Waals surface area contributed by atoms with Crippen LogP contribution in [-0.4, -0.2) is 54.4 Å². The quantitative estimate of drug-likeness (QED) is 0.808. The molecular formula is C16H24N3OS2. The van der Waals surface area contributed by atoms with Crippen molar-refractivity contribution in [3.8, 4) is 0 Å². The van der Waals surface area contributed by atoms with Gasteiger partial charge in [0.05, 0.1) is 0 Å². The van der Waals surface area contributed by atoms with Crippen LogP contribution >= 0.6 is 24.4 Å². The van der Waals surface area contributed by atoms with Crippen molar-refractivity contribution in [1.82, 2.24) is 4.90 Å². The number of benzene rings is 1. The van der Waals surface area contributed by atoms with E-state index in [1.54, 1.807) is 0 Å². The molecule has 1 aliphatic rings. The molecule has 1 unspecified atom stereocenters. The van der Waals surface area contributed by atoms with Gasteiger partial charge in [-0.1, -0.05) is 18.7 Å². The van der Waals surface area contributed by atoms with E-state index >= 15 is 0 Å². The van der Waals surface area contributed by atoms with E-state index in [0.717, 1.165) is 38.3 Å². The summed E-state index contributed by atoms with van der Waals surface area (Å²) in [5.41, 5.74) is 2.05. The van der Waals surface area contributed by atoms with Crippen molar-refractivity contribution in [2.24, 2.45) is 0 Å². The molecule has 1 radical (unpaired) electrons. The zero-order valence-electron chi connectivity index (χ0n) is 13.0. The Morgan fingerprint density at radius 1 is 1.32 bits per heavy atom. The van der Waals surface area contributed by atoms with Gasteiger partial charge in [-0.3, -0.25) is 4.79 Å². The van der Waals surface area contributed by atoms with Crippen molar-refractivity contribution < 1.29 is 4.79 Å². The number of anilines is 2. The van der Waals surface area contributed by atoms with Crippen molar-refractivity contribution in [2.75, 3.05) is 49.2 Å². The van der Waals surface area contributed by atoms with Gasteiger partial charge in [0.2, 0.25) is 0 Å². The van der Waals surface area contributed by atoms with Crippen LogP contribution in [0.1, 0.15) is 6.42 Å². The molecule has 4 nitrogen and oxygen atoms in total. The molecule has 0 aliphatic carbocycles. The summed E-state index contributed by atoms with van der Waals surface area (Å²) in [4.78, 5) is 16.5. The average Bonchev–Trinajstić information content (AvgIpc) is 2.54. The minimum Gasteiger partial charge on any atom is -0.369 e. The number of amides is 1. The zero-order chi connectivity index (χ0) is 15.9. The van der Waals surface area contributed by atoms with Crippen molar-refractivity contribution in [3.63, 3.8) is 0 Å². The van der Waals surface area contributed by atoms with E-state index < -0.39 is 0 Å². The van der Waals surface area contributed by atoms with Crippen LogP contribution in [-0.2, 0) is 0 Å². The van der Waals surface area contributed by atoms with E-state index in [9.17, 15) is 4.79 Å². The Balaban J connectivity index is 1.82. The summed E-state index contributed by atoms with van der Waals surface area (Å²) in [5.74, 6) is 0.678. The first kappa shape index (κ1) is 17.5. The highest BCUT2D eigenvalue weighted by molar-refractivity contribution is 8.14. The maximum absolute atomic E-state index is 11.8. The summed E-state index contributed by atoms with van der Waals surface area (Å²) >= 11 is 5.59. The van der Waals surface area contributed by atoms with Crippen LogP contribution in [0.5, 0.6) is 0 Å². The second kappa shape index (κ2) is 8.70. The molecule has 1 fully saturated rings. The van der Waals surface area contributed by atoms with Gasteiger partial charge in [0.25, 0.3) is 5.24 Å². The number of carbonyl (C=O) groups is 1. The summed E-state index contributed by atoms with van der Waals surface area (Å²) in [6.07, 6.45) is 0.725. The van der Waals surface area contributed by atoms with Gasteiger partial charge >= 0.3 is 0 Å². The largest absolute Gasteiger partial charge is 0.369 e. The maximum atomic E-state index is 11.8. The third-order valence-electron chi connectivity index (χ3n) is 3.72. The van der Waals surface area contributed by atoms with Crippen LogP contribution < -0.4 is 10.2 Å². The highest BCUT2D eigenvalue weighted by Gasteiger charge is 2.14. The second-order valence-corrected chi connectivity index (χ2v) is 7.23. The Bertz CT molecular complexity index is 473. The van der Waals surface area contributed by atoms with Gasteiger partial charge in [-0.25, -0.2) is 0 Å². The molecule has 1 aliphatic heterocycles. The predicted octanol–water partition coefficient (Wildman–Crippen LogP) is 3.23. The van der Waals surface area contributed by atoms with Gasteiger partial charge in [-0.15, -0.1) is 0 Å². The standard InChI is InChI=1S/C16H24N3OS2/c1-3-15(21)12-22-16(20)17-13-4-6-14(7-5-13)19-10-8-18(2)9-11-19/h4-7,15,21H,1,3,8-12H2,2H3,(H,17,20). The molecule has 1 aromatic rings. The molecule has 22 heavy (non-hydrogen) atoms. The molecular weight excluding hydrogens is 314 g/mol. The highest BCUT2D eigenvalue weighted by Crippen LogP contribution is 2.21. The number of likely N-dealkylation sites (N-methyl/N-ethyl adjacent to an activating group) is 1. The minimum absolute atomic E-state index is 0.0418. The van der Waals surface area contributed by atoms with E-state index in [0.29, 0.717) is 5.75 Å². The monoisotopic (exact) mass is 338 g/mol. The lowest BCUT2D eigenvalue weighted by molar-refractivity contribution is 0.270. The van der Waals surface area contributed by atoms with Crippen molar-refractivity contribution in [1.29, 1.82) is 0 Å². The average molecular weight is 339 g/mol. The van der Waals surface area contributed by atoms with Gasteiger partial charge in [0.1, 0.15) is 0 Å². The van der Waals surface area contributed by atoms with Crippen LogP contribution in [0.4, 0.5) is 16.2 Å². The SMILES string of the molecule is [CH2]CC(S)CSC(=O)Nc1ccc(N2CCN(C)CC2)cc1. The van der Waals surface area contributed by atoms with Crippen molar-refractivity contribution in [3.05, 3.63) is 31.2 Å². The predicted molar refractivity (Wildman–Crippen MR) is 100 cm³/mol. The summed E-state index contributed by atoms with van der Waals surface area (Å²) in [7, 11) is 2.15. The van der Waals surface area contributed by atoms with Gasteiger partial charge in [-0.05, 0) is 37.7 Å². The molecule has 2 rings (SSSR count). The maximum Gasteiger partial charge on any atom is 0.283 e. The lowest BCUT2D eigenvalue weighted by Gasteiger charge is -2.34. The van der Waals surface area contributed by atoms with E-state index in [4.69, 9.17) is 0 Å². The molecule has 0 saturated carbocycles. The summed E-state index contributed by atoms with van der Waals surface area (Å²) in [6.45, 7) is 8.05. The number of nitrogens with zero attached hydrogens (tertiary/aromatic N) is 2. The lowest BCUT2D eigenvalue weighted by atomic mass is 10.2. The van der Waals surface area contributed by atoms with Crippen molar-refractivity contribution >= 4 is 41.0 Å².